The van der Waals surface area contributed by atoms with Gasteiger partial charge in [-0.25, -0.2) is 4.98 Å². The van der Waals surface area contributed by atoms with Crippen LogP contribution in [-0.4, -0.2) is 17.5 Å². The zero-order valence-corrected chi connectivity index (χ0v) is 17.4. The Balaban J connectivity index is 1.32. The van der Waals surface area contributed by atoms with E-state index in [-0.39, 0.29) is 12.5 Å². The van der Waals surface area contributed by atoms with Gasteiger partial charge in [0.15, 0.2) is 6.61 Å². The van der Waals surface area contributed by atoms with Crippen molar-refractivity contribution >= 4 is 39.1 Å². The molecule has 0 spiro atoms. The van der Waals surface area contributed by atoms with Crippen molar-refractivity contribution in [2.24, 2.45) is 0 Å². The number of benzene rings is 3. The Morgan fingerprint density at radius 1 is 1.10 bits per heavy atom. The fourth-order valence-corrected chi connectivity index (χ4v) is 4.13. The lowest BCUT2D eigenvalue weighted by Gasteiger charge is -2.10. The second kappa shape index (κ2) is 8.64. The van der Waals surface area contributed by atoms with Crippen molar-refractivity contribution in [1.29, 1.82) is 0 Å². The summed E-state index contributed by atoms with van der Waals surface area (Å²) in [5.41, 5.74) is 4.00. The summed E-state index contributed by atoms with van der Waals surface area (Å²) < 4.78 is 6.75. The number of carbonyl (C=O) groups is 1. The normalized spacial score (nSPS) is 10.8. The number of aromatic nitrogens is 1. The molecule has 1 N–H and O–H groups in total. The largest absolute Gasteiger partial charge is 0.484 e. The third kappa shape index (κ3) is 4.75. The van der Waals surface area contributed by atoms with Crippen LogP contribution in [0, 0.1) is 6.92 Å². The van der Waals surface area contributed by atoms with E-state index in [2.05, 4.69) is 16.4 Å². The van der Waals surface area contributed by atoms with Gasteiger partial charge in [-0.1, -0.05) is 48.0 Å². The van der Waals surface area contributed by atoms with E-state index in [1.54, 1.807) is 23.5 Å². The van der Waals surface area contributed by atoms with Crippen molar-refractivity contribution in [2.75, 3.05) is 6.61 Å². The van der Waals surface area contributed by atoms with Gasteiger partial charge in [0.1, 0.15) is 10.8 Å². The van der Waals surface area contributed by atoms with E-state index < -0.39 is 0 Å². The van der Waals surface area contributed by atoms with Gasteiger partial charge in [0.25, 0.3) is 5.91 Å². The smallest absolute Gasteiger partial charge is 0.258 e. The highest BCUT2D eigenvalue weighted by Gasteiger charge is 2.08. The molecule has 146 valence electrons. The van der Waals surface area contributed by atoms with Gasteiger partial charge in [0.2, 0.25) is 0 Å². The molecule has 1 aromatic heterocycles. The molecule has 0 aliphatic carbocycles. The fourth-order valence-electron chi connectivity index (χ4n) is 2.93. The predicted octanol–water partition coefficient (Wildman–Crippen LogP) is 5.62. The standard InChI is InChI=1S/C23H19ClN2O2S/c1-15-12-18(24)10-11-20(15)28-14-22(27)25-13-16-6-8-17(9-7-16)23-26-19-4-2-3-5-21(19)29-23/h2-12H,13-14H2,1H3,(H,25,27). The van der Waals surface area contributed by atoms with Gasteiger partial charge in [0, 0.05) is 17.1 Å². The Kier molecular flexibility index (Phi) is 5.79. The zero-order valence-electron chi connectivity index (χ0n) is 15.8. The SMILES string of the molecule is Cc1cc(Cl)ccc1OCC(=O)NCc1ccc(-c2nc3ccccc3s2)cc1. The Labute approximate surface area is 178 Å². The first-order valence-corrected chi connectivity index (χ1v) is 10.4. The molecular formula is C23H19ClN2O2S. The minimum Gasteiger partial charge on any atom is -0.484 e. The summed E-state index contributed by atoms with van der Waals surface area (Å²) in [4.78, 5) is 16.8. The van der Waals surface area contributed by atoms with Crippen molar-refractivity contribution in [3.63, 3.8) is 0 Å². The van der Waals surface area contributed by atoms with Gasteiger partial charge >= 0.3 is 0 Å². The van der Waals surface area contributed by atoms with E-state index in [0.717, 1.165) is 27.2 Å². The number of hydrogen-bond acceptors (Lipinski definition) is 4. The van der Waals surface area contributed by atoms with E-state index in [1.807, 2.05) is 55.5 Å². The zero-order chi connectivity index (χ0) is 20.2. The molecule has 0 aliphatic heterocycles. The lowest BCUT2D eigenvalue weighted by molar-refractivity contribution is -0.123. The molecule has 29 heavy (non-hydrogen) atoms. The minimum absolute atomic E-state index is 0.0355. The van der Waals surface area contributed by atoms with Crippen molar-refractivity contribution in [3.05, 3.63) is 82.9 Å². The molecule has 4 nitrogen and oxygen atoms in total. The maximum Gasteiger partial charge on any atom is 0.258 e. The summed E-state index contributed by atoms with van der Waals surface area (Å²) in [6, 6.07) is 21.5. The van der Waals surface area contributed by atoms with E-state index in [0.29, 0.717) is 17.3 Å². The number of ether oxygens (including phenoxy) is 1. The monoisotopic (exact) mass is 422 g/mol. The highest BCUT2D eigenvalue weighted by atomic mass is 35.5. The van der Waals surface area contributed by atoms with Crippen LogP contribution >= 0.6 is 22.9 Å². The summed E-state index contributed by atoms with van der Waals surface area (Å²) in [5, 5.41) is 4.52. The third-order valence-electron chi connectivity index (χ3n) is 4.48. The van der Waals surface area contributed by atoms with Gasteiger partial charge in [-0.15, -0.1) is 11.3 Å². The molecule has 0 unspecified atom stereocenters. The Hall–Kier alpha value is -2.89. The lowest BCUT2D eigenvalue weighted by atomic mass is 10.1. The second-order valence-electron chi connectivity index (χ2n) is 6.66. The van der Waals surface area contributed by atoms with E-state index >= 15 is 0 Å². The summed E-state index contributed by atoms with van der Waals surface area (Å²) in [6.07, 6.45) is 0. The fraction of sp³-hybridized carbons (Fsp3) is 0.130. The van der Waals surface area contributed by atoms with Crippen molar-refractivity contribution < 1.29 is 9.53 Å². The quantitative estimate of drug-likeness (QED) is 0.438. The molecule has 0 aliphatic rings. The van der Waals surface area contributed by atoms with Crippen LogP contribution in [-0.2, 0) is 11.3 Å². The molecule has 4 aromatic rings. The number of rotatable bonds is 6. The maximum absolute atomic E-state index is 12.1. The number of nitrogens with one attached hydrogen (secondary N) is 1. The Morgan fingerprint density at radius 3 is 2.66 bits per heavy atom. The first-order chi connectivity index (χ1) is 14.1. The van der Waals surface area contributed by atoms with Gasteiger partial charge in [-0.05, 0) is 48.4 Å². The van der Waals surface area contributed by atoms with E-state index in [1.165, 1.54) is 4.70 Å². The molecule has 3 aromatic carbocycles. The average molecular weight is 423 g/mol. The second-order valence-corrected chi connectivity index (χ2v) is 8.13. The number of para-hydroxylation sites is 1. The summed E-state index contributed by atoms with van der Waals surface area (Å²) in [6.45, 7) is 2.31. The van der Waals surface area contributed by atoms with Crippen molar-refractivity contribution in [3.8, 4) is 16.3 Å². The first-order valence-electron chi connectivity index (χ1n) is 9.19. The number of aryl methyl sites for hydroxylation is 1. The molecular weight excluding hydrogens is 404 g/mol. The summed E-state index contributed by atoms with van der Waals surface area (Å²) in [5.74, 6) is 0.485. The van der Waals surface area contributed by atoms with Crippen LogP contribution in [0.1, 0.15) is 11.1 Å². The van der Waals surface area contributed by atoms with Gasteiger partial charge in [-0.2, -0.15) is 0 Å². The molecule has 0 atom stereocenters. The number of nitrogens with zero attached hydrogens (tertiary/aromatic N) is 1. The molecule has 0 bridgehead atoms. The van der Waals surface area contributed by atoms with Gasteiger partial charge in [-0.3, -0.25) is 4.79 Å². The molecule has 4 rings (SSSR count). The Morgan fingerprint density at radius 2 is 1.90 bits per heavy atom. The van der Waals surface area contributed by atoms with Crippen LogP contribution in [0.4, 0.5) is 0 Å². The average Bonchev–Trinajstić information content (AvgIpc) is 3.16. The molecule has 0 radical (unpaired) electrons. The van der Waals surface area contributed by atoms with Crippen LogP contribution in [0.3, 0.4) is 0 Å². The lowest BCUT2D eigenvalue weighted by Crippen LogP contribution is -2.28. The highest BCUT2D eigenvalue weighted by molar-refractivity contribution is 7.21. The van der Waals surface area contributed by atoms with Gasteiger partial charge < -0.3 is 10.1 Å². The first kappa shape index (κ1) is 19.4. The van der Waals surface area contributed by atoms with Crippen molar-refractivity contribution in [2.45, 2.75) is 13.5 Å². The molecule has 0 saturated heterocycles. The van der Waals surface area contributed by atoms with Crippen LogP contribution in [0.2, 0.25) is 5.02 Å². The number of thiazole rings is 1. The van der Waals surface area contributed by atoms with Crippen molar-refractivity contribution in [1.82, 2.24) is 10.3 Å². The van der Waals surface area contributed by atoms with Gasteiger partial charge in [0.05, 0.1) is 10.2 Å². The topological polar surface area (TPSA) is 51.2 Å². The van der Waals surface area contributed by atoms with Crippen LogP contribution in [0.25, 0.3) is 20.8 Å². The summed E-state index contributed by atoms with van der Waals surface area (Å²) in [7, 11) is 0. The molecule has 0 fully saturated rings. The number of hydrogen-bond donors (Lipinski definition) is 1. The third-order valence-corrected chi connectivity index (χ3v) is 5.80. The summed E-state index contributed by atoms with van der Waals surface area (Å²) >= 11 is 7.61. The highest BCUT2D eigenvalue weighted by Crippen LogP contribution is 2.30. The maximum atomic E-state index is 12.1. The predicted molar refractivity (Wildman–Crippen MR) is 119 cm³/mol. The Bertz CT molecular complexity index is 1120. The number of amides is 1. The van der Waals surface area contributed by atoms with Crippen LogP contribution in [0.15, 0.2) is 66.7 Å². The molecule has 0 saturated carbocycles. The van der Waals surface area contributed by atoms with E-state index in [9.17, 15) is 4.79 Å². The van der Waals surface area contributed by atoms with Crippen LogP contribution in [0.5, 0.6) is 5.75 Å². The molecule has 1 amide bonds. The number of halogens is 1. The van der Waals surface area contributed by atoms with Crippen LogP contribution < -0.4 is 10.1 Å². The molecule has 6 heteroatoms. The van der Waals surface area contributed by atoms with E-state index in [4.69, 9.17) is 16.3 Å². The minimum atomic E-state index is -0.172. The number of fused-ring (bicyclic) bond motifs is 1. The molecule has 1 heterocycles. The number of carbonyl (C=O) groups excluding carboxylic acids is 1.